The summed E-state index contributed by atoms with van der Waals surface area (Å²) in [6.07, 6.45) is 3.90. The van der Waals surface area contributed by atoms with E-state index in [1.807, 2.05) is 4.90 Å². The first-order chi connectivity index (χ1) is 18.9. The molecule has 5 rings (SSSR count). The lowest BCUT2D eigenvalue weighted by Crippen LogP contribution is -2.56. The van der Waals surface area contributed by atoms with Gasteiger partial charge >= 0.3 is 0 Å². The molecule has 0 aliphatic carbocycles. The summed E-state index contributed by atoms with van der Waals surface area (Å²) in [4.78, 5) is 32.1. The number of carbonyl (C=O) groups excluding carboxylic acids is 2. The monoisotopic (exact) mass is 631 g/mol. The molecule has 2 amide bonds. The first-order valence-electron chi connectivity index (χ1n) is 13.4. The molecule has 2 aromatic rings. The highest BCUT2D eigenvalue weighted by atomic mass is 35.5. The van der Waals surface area contributed by atoms with Gasteiger partial charge in [0.15, 0.2) is 0 Å². The maximum absolute atomic E-state index is 13.3. The standard InChI is InChI=1S/C25H34ClN5O6S3/c1-39(34,35)30-12-10-28(11-13-30)16-20-4-2-9-31(20)23(32)17-29-8-3-5-21(25(29)33)27-40(36,37)24-15-18-14-19(26)6-7-22(18)38-24/h6-7,14-15,20-21,27H,2-5,8-13,16-17H2,1H3/t20-,21?/m0/s1. The van der Waals surface area contributed by atoms with Crippen LogP contribution in [0.5, 0.6) is 0 Å². The molecule has 3 fully saturated rings. The quantitative estimate of drug-likeness (QED) is 0.467. The Morgan fingerprint density at radius 3 is 2.48 bits per heavy atom. The summed E-state index contributed by atoms with van der Waals surface area (Å²) in [7, 11) is -7.14. The molecule has 2 atom stereocenters. The second-order valence-electron chi connectivity index (χ2n) is 10.7. The topological polar surface area (TPSA) is 127 Å². The van der Waals surface area contributed by atoms with E-state index in [1.54, 1.807) is 24.3 Å². The summed E-state index contributed by atoms with van der Waals surface area (Å²) in [6, 6.07) is 5.80. The number of amides is 2. The van der Waals surface area contributed by atoms with Gasteiger partial charge in [0, 0.05) is 61.6 Å². The Balaban J connectivity index is 1.18. The highest BCUT2D eigenvalue weighted by Crippen LogP contribution is 2.31. The van der Waals surface area contributed by atoms with Gasteiger partial charge in [-0.05, 0) is 55.3 Å². The molecule has 0 radical (unpaired) electrons. The number of likely N-dealkylation sites (tertiary alicyclic amines) is 2. The van der Waals surface area contributed by atoms with Gasteiger partial charge in [0.1, 0.15) is 10.3 Å². The fourth-order valence-electron chi connectivity index (χ4n) is 5.72. The zero-order valence-electron chi connectivity index (χ0n) is 22.3. The molecule has 1 aromatic heterocycles. The molecular formula is C25H34ClN5O6S3. The largest absolute Gasteiger partial charge is 0.337 e. The van der Waals surface area contributed by atoms with Crippen LogP contribution in [0.2, 0.25) is 5.02 Å². The van der Waals surface area contributed by atoms with E-state index in [9.17, 15) is 26.4 Å². The van der Waals surface area contributed by atoms with Crippen molar-refractivity contribution in [2.24, 2.45) is 0 Å². The summed E-state index contributed by atoms with van der Waals surface area (Å²) in [5, 5.41) is 1.23. The second-order valence-corrected chi connectivity index (χ2v) is 16.1. The number of piperidine rings is 1. The van der Waals surface area contributed by atoms with Crippen LogP contribution in [0, 0.1) is 0 Å². The van der Waals surface area contributed by atoms with Gasteiger partial charge in [-0.2, -0.15) is 9.03 Å². The lowest BCUT2D eigenvalue weighted by molar-refractivity contribution is -0.143. The van der Waals surface area contributed by atoms with Crippen LogP contribution in [0.25, 0.3) is 10.1 Å². The van der Waals surface area contributed by atoms with Crippen LogP contribution >= 0.6 is 22.9 Å². The normalized spacial score (nSPS) is 23.8. The maximum Gasteiger partial charge on any atom is 0.250 e. The lowest BCUT2D eigenvalue weighted by atomic mass is 10.1. The Kier molecular flexibility index (Phi) is 8.77. The molecule has 3 aliphatic rings. The number of halogens is 1. The minimum absolute atomic E-state index is 0.00735. The molecular weight excluding hydrogens is 598 g/mol. The van der Waals surface area contributed by atoms with Gasteiger partial charge in [0.25, 0.3) is 10.0 Å². The molecule has 15 heteroatoms. The Bertz CT molecular complexity index is 1490. The van der Waals surface area contributed by atoms with Gasteiger partial charge in [-0.3, -0.25) is 14.5 Å². The number of rotatable bonds is 8. The molecule has 220 valence electrons. The van der Waals surface area contributed by atoms with E-state index in [0.29, 0.717) is 63.7 Å². The third-order valence-electron chi connectivity index (χ3n) is 7.84. The van der Waals surface area contributed by atoms with Crippen LogP contribution < -0.4 is 4.72 Å². The van der Waals surface area contributed by atoms with Crippen LogP contribution in [0.4, 0.5) is 0 Å². The van der Waals surface area contributed by atoms with Gasteiger partial charge in [0.05, 0.1) is 12.8 Å². The first-order valence-corrected chi connectivity index (χ1v) is 17.9. The fourth-order valence-corrected chi connectivity index (χ4v) is 9.35. The van der Waals surface area contributed by atoms with Gasteiger partial charge in [0.2, 0.25) is 21.8 Å². The van der Waals surface area contributed by atoms with Gasteiger partial charge in [-0.1, -0.05) is 11.6 Å². The van der Waals surface area contributed by atoms with E-state index in [2.05, 4.69) is 9.62 Å². The molecule has 3 saturated heterocycles. The average molecular weight is 632 g/mol. The highest BCUT2D eigenvalue weighted by Gasteiger charge is 2.37. The van der Waals surface area contributed by atoms with Crippen LogP contribution in [0.3, 0.4) is 0 Å². The van der Waals surface area contributed by atoms with E-state index in [1.165, 1.54) is 15.5 Å². The van der Waals surface area contributed by atoms with Crippen molar-refractivity contribution in [3.8, 4) is 0 Å². The average Bonchev–Trinajstić information content (AvgIpc) is 3.53. The van der Waals surface area contributed by atoms with Gasteiger partial charge in [-0.25, -0.2) is 16.8 Å². The second kappa shape index (κ2) is 11.8. The number of nitrogens with zero attached hydrogens (tertiary/aromatic N) is 4. The van der Waals surface area contributed by atoms with Crippen LogP contribution in [0.15, 0.2) is 28.5 Å². The molecule has 1 aromatic carbocycles. The summed E-state index contributed by atoms with van der Waals surface area (Å²) in [6.45, 7) is 3.70. The van der Waals surface area contributed by atoms with Crippen LogP contribution in [-0.2, 0) is 29.6 Å². The van der Waals surface area contributed by atoms with Crippen molar-refractivity contribution in [2.75, 3.05) is 58.6 Å². The molecule has 1 N–H and O–H groups in total. The zero-order chi connectivity index (χ0) is 28.7. The SMILES string of the molecule is CS(=O)(=O)N1CCN(C[C@@H]2CCCN2C(=O)CN2CCCC(NS(=O)(=O)c3cc4cc(Cl)ccc4s3)C2=O)CC1. The predicted octanol–water partition coefficient (Wildman–Crippen LogP) is 1.39. The number of fused-ring (bicyclic) bond motifs is 1. The lowest BCUT2D eigenvalue weighted by Gasteiger charge is -2.37. The van der Waals surface area contributed by atoms with E-state index in [4.69, 9.17) is 11.6 Å². The summed E-state index contributed by atoms with van der Waals surface area (Å²) in [5.74, 6) is -0.532. The van der Waals surface area contributed by atoms with Gasteiger partial charge in [-0.15, -0.1) is 11.3 Å². The number of hydrogen-bond donors (Lipinski definition) is 1. The minimum Gasteiger partial charge on any atom is -0.337 e. The zero-order valence-corrected chi connectivity index (χ0v) is 25.5. The number of benzene rings is 1. The highest BCUT2D eigenvalue weighted by molar-refractivity contribution is 7.91. The van der Waals surface area contributed by atoms with Crippen molar-refractivity contribution < 1.29 is 26.4 Å². The molecule has 0 bridgehead atoms. The molecule has 3 aliphatic heterocycles. The molecule has 11 nitrogen and oxygen atoms in total. The number of sulfonamides is 2. The van der Waals surface area contributed by atoms with Crippen molar-refractivity contribution in [2.45, 2.75) is 42.0 Å². The maximum atomic E-state index is 13.3. The smallest absolute Gasteiger partial charge is 0.250 e. The number of nitrogens with one attached hydrogen (secondary N) is 1. The van der Waals surface area contributed by atoms with E-state index in [-0.39, 0.29) is 28.6 Å². The minimum atomic E-state index is -3.94. The van der Waals surface area contributed by atoms with Crippen molar-refractivity contribution in [1.82, 2.24) is 23.7 Å². The molecule has 0 spiro atoms. The molecule has 40 heavy (non-hydrogen) atoms. The van der Waals surface area contributed by atoms with Gasteiger partial charge < -0.3 is 9.80 Å². The van der Waals surface area contributed by atoms with Crippen LogP contribution in [0.1, 0.15) is 25.7 Å². The van der Waals surface area contributed by atoms with Crippen molar-refractivity contribution in [3.05, 3.63) is 29.3 Å². The summed E-state index contributed by atoms with van der Waals surface area (Å²) < 4.78 is 54.8. The summed E-state index contributed by atoms with van der Waals surface area (Å²) in [5.41, 5.74) is 0. The van der Waals surface area contributed by atoms with Crippen LogP contribution in [-0.4, -0.2) is 118 Å². The van der Waals surface area contributed by atoms with Crippen molar-refractivity contribution >= 4 is 64.9 Å². The Labute approximate surface area is 244 Å². The van der Waals surface area contributed by atoms with E-state index < -0.39 is 26.1 Å². The predicted molar refractivity (Wildman–Crippen MR) is 154 cm³/mol. The molecule has 4 heterocycles. The third kappa shape index (κ3) is 6.63. The third-order valence-corrected chi connectivity index (χ3v) is 12.4. The Morgan fingerprint density at radius 1 is 1.02 bits per heavy atom. The number of piperazine rings is 1. The molecule has 1 unspecified atom stereocenters. The Hall–Kier alpha value is -1.81. The van der Waals surface area contributed by atoms with E-state index in [0.717, 1.165) is 34.3 Å². The van der Waals surface area contributed by atoms with Crippen molar-refractivity contribution in [1.29, 1.82) is 0 Å². The fraction of sp³-hybridized carbons (Fsp3) is 0.600. The van der Waals surface area contributed by atoms with E-state index >= 15 is 0 Å². The number of carbonyl (C=O) groups is 2. The number of hydrogen-bond acceptors (Lipinski definition) is 8. The Morgan fingerprint density at radius 2 is 1.75 bits per heavy atom. The molecule has 0 saturated carbocycles. The first kappa shape index (κ1) is 29.7. The van der Waals surface area contributed by atoms with Crippen molar-refractivity contribution in [3.63, 3.8) is 0 Å². The number of thiophene rings is 1. The summed E-state index contributed by atoms with van der Waals surface area (Å²) >= 11 is 7.15.